The van der Waals surface area contributed by atoms with Gasteiger partial charge >= 0.3 is 12.2 Å². The zero-order valence-corrected chi connectivity index (χ0v) is 21.1. The Morgan fingerprint density at radius 1 is 1.06 bits per heavy atom. The summed E-state index contributed by atoms with van der Waals surface area (Å²) in [5.41, 5.74) is -1.60. The third kappa shape index (κ3) is 5.28. The largest absolute Gasteiger partial charge is 0.527 e. The number of hydrogen-bond acceptors (Lipinski definition) is 5. The average Bonchev–Trinajstić information content (AvgIpc) is 2.99. The number of hydrogen-bond donors (Lipinski definition) is 2. The van der Waals surface area contributed by atoms with E-state index in [1.165, 1.54) is 0 Å². The molecule has 1 aliphatic heterocycles. The van der Waals surface area contributed by atoms with Crippen molar-refractivity contribution in [2.75, 3.05) is 13.2 Å². The lowest BCUT2D eigenvalue weighted by Crippen LogP contribution is -2.62. The van der Waals surface area contributed by atoms with Gasteiger partial charge < -0.3 is 19.8 Å². The van der Waals surface area contributed by atoms with E-state index in [2.05, 4.69) is 13.8 Å². The van der Waals surface area contributed by atoms with Gasteiger partial charge in [-0.3, -0.25) is 4.79 Å². The first kappa shape index (κ1) is 26.6. The maximum atomic E-state index is 13.6. The number of imide groups is 1. The summed E-state index contributed by atoms with van der Waals surface area (Å²) >= 11 is 0. The van der Waals surface area contributed by atoms with Crippen molar-refractivity contribution in [3.05, 3.63) is 0 Å². The van der Waals surface area contributed by atoms with E-state index in [1.807, 2.05) is 4.90 Å². The minimum atomic E-state index is -1.26. The second kappa shape index (κ2) is 8.93. The normalized spacial score (nSPS) is 28.9. The number of carbonyl (C=O) groups excluding carboxylic acids is 2. The second-order valence-corrected chi connectivity index (χ2v) is 12.2. The molecule has 0 spiro atoms. The van der Waals surface area contributed by atoms with Gasteiger partial charge in [-0.1, -0.05) is 13.8 Å². The van der Waals surface area contributed by atoms with E-state index in [0.29, 0.717) is 6.42 Å². The molecular formula is C24H43N2O6+. The molecule has 2 aliphatic rings. The number of amides is 3. The van der Waals surface area contributed by atoms with E-state index < -0.39 is 39.8 Å². The summed E-state index contributed by atoms with van der Waals surface area (Å²) in [5.74, 6) is -0.184. The highest BCUT2D eigenvalue weighted by molar-refractivity contribution is 5.83. The molecule has 0 bridgehead atoms. The van der Waals surface area contributed by atoms with Crippen LogP contribution in [0.15, 0.2) is 0 Å². The highest BCUT2D eigenvalue weighted by atomic mass is 16.6. The Labute approximate surface area is 192 Å². The van der Waals surface area contributed by atoms with Crippen LogP contribution in [0.3, 0.4) is 0 Å². The SMILES string of the molecule is CC1C[C@H](N(C(=O)C(C)(C)CO)C2CCC(C)(C)CC2)C[N+]1(C(=O)O)C(=O)OC(C)(C)C. The van der Waals surface area contributed by atoms with Crippen LogP contribution < -0.4 is 0 Å². The lowest BCUT2D eigenvalue weighted by Gasteiger charge is -2.44. The third-order valence-electron chi connectivity index (χ3n) is 7.23. The van der Waals surface area contributed by atoms with E-state index in [-0.39, 0.29) is 30.5 Å². The standard InChI is InChI=1S/C24H42N2O6/c1-16-13-18(14-26(16,20(29)30)21(31)32-22(2,3)4)25(19(28)24(7,8)15-27)17-9-11-23(5,6)12-10-17/h16-18,27H,9-15H2,1-8H3/p+1/t16?,18-,26?/m0/s1. The summed E-state index contributed by atoms with van der Waals surface area (Å²) in [7, 11) is 0. The van der Waals surface area contributed by atoms with Crippen LogP contribution in [-0.4, -0.2) is 74.6 Å². The lowest BCUT2D eigenvalue weighted by molar-refractivity contribution is -0.797. The zero-order chi connectivity index (χ0) is 24.7. The maximum Gasteiger partial charge on any atom is 0.527 e. The predicted molar refractivity (Wildman–Crippen MR) is 121 cm³/mol. The lowest BCUT2D eigenvalue weighted by atomic mass is 9.74. The van der Waals surface area contributed by atoms with Crippen LogP contribution in [0, 0.1) is 10.8 Å². The molecular weight excluding hydrogens is 412 g/mol. The fourth-order valence-corrected chi connectivity index (χ4v) is 5.01. The Hall–Kier alpha value is -1.67. The molecule has 1 aliphatic carbocycles. The number of ether oxygens (including phenoxy) is 1. The van der Waals surface area contributed by atoms with Gasteiger partial charge in [0.15, 0.2) is 0 Å². The number of quaternary nitrogens is 1. The molecule has 0 radical (unpaired) electrons. The number of rotatable bonds is 4. The Morgan fingerprint density at radius 2 is 1.59 bits per heavy atom. The molecule has 1 heterocycles. The van der Waals surface area contributed by atoms with E-state index in [9.17, 15) is 24.6 Å². The molecule has 3 atom stereocenters. The van der Waals surface area contributed by atoms with E-state index in [4.69, 9.17) is 4.74 Å². The molecule has 3 amide bonds. The molecule has 1 saturated heterocycles. The summed E-state index contributed by atoms with van der Waals surface area (Å²) in [6.45, 7) is 14.4. The topological polar surface area (TPSA) is 104 Å². The summed E-state index contributed by atoms with van der Waals surface area (Å²) in [6.07, 6.45) is 1.92. The molecule has 8 nitrogen and oxygen atoms in total. The van der Waals surface area contributed by atoms with Crippen molar-refractivity contribution in [2.24, 2.45) is 10.8 Å². The molecule has 0 aromatic rings. The van der Waals surface area contributed by atoms with Crippen molar-refractivity contribution in [3.63, 3.8) is 0 Å². The molecule has 0 aromatic heterocycles. The summed E-state index contributed by atoms with van der Waals surface area (Å²) < 4.78 is 4.67. The molecule has 32 heavy (non-hydrogen) atoms. The van der Waals surface area contributed by atoms with Crippen LogP contribution in [0.2, 0.25) is 0 Å². The first-order valence-electron chi connectivity index (χ1n) is 11.8. The van der Waals surface area contributed by atoms with Crippen LogP contribution in [-0.2, 0) is 9.53 Å². The number of aliphatic hydroxyl groups excluding tert-OH is 1. The summed E-state index contributed by atoms with van der Waals surface area (Å²) in [6, 6.07) is -0.996. The third-order valence-corrected chi connectivity index (χ3v) is 7.23. The molecule has 2 unspecified atom stereocenters. The molecule has 2 fully saturated rings. The van der Waals surface area contributed by atoms with Crippen molar-refractivity contribution in [1.29, 1.82) is 0 Å². The number of carboxylic acid groups (broad SMARTS) is 1. The highest BCUT2D eigenvalue weighted by Gasteiger charge is 2.61. The van der Waals surface area contributed by atoms with Gasteiger partial charge in [0.2, 0.25) is 5.91 Å². The van der Waals surface area contributed by atoms with Crippen molar-refractivity contribution in [1.82, 2.24) is 4.90 Å². The van der Waals surface area contributed by atoms with E-state index in [1.54, 1.807) is 41.5 Å². The minimum absolute atomic E-state index is 0.0292. The first-order chi connectivity index (χ1) is 14.5. The van der Waals surface area contributed by atoms with Crippen molar-refractivity contribution >= 4 is 18.1 Å². The smallest absolute Gasteiger partial charge is 0.435 e. The Balaban J connectivity index is 2.43. The van der Waals surface area contributed by atoms with Crippen LogP contribution in [0.5, 0.6) is 0 Å². The van der Waals surface area contributed by atoms with Gasteiger partial charge in [-0.25, -0.2) is 0 Å². The van der Waals surface area contributed by atoms with Gasteiger partial charge in [0.1, 0.15) is 18.2 Å². The number of likely N-dealkylation sites (tertiary alicyclic amines) is 1. The molecule has 0 aromatic carbocycles. The number of nitrogens with zero attached hydrogens (tertiary/aromatic N) is 2. The van der Waals surface area contributed by atoms with E-state index >= 15 is 0 Å². The highest BCUT2D eigenvalue weighted by Crippen LogP contribution is 2.41. The van der Waals surface area contributed by atoms with Gasteiger partial charge in [-0.15, -0.1) is 4.48 Å². The zero-order valence-electron chi connectivity index (χ0n) is 21.1. The minimum Gasteiger partial charge on any atom is -0.435 e. The summed E-state index contributed by atoms with van der Waals surface area (Å²) in [4.78, 5) is 41.0. The number of aliphatic hydroxyl groups is 1. The predicted octanol–water partition coefficient (Wildman–Crippen LogP) is 4.39. The molecule has 2 N–H and O–H groups in total. The van der Waals surface area contributed by atoms with Gasteiger partial charge in [0.05, 0.1) is 18.1 Å². The van der Waals surface area contributed by atoms with Crippen molar-refractivity contribution in [2.45, 2.75) is 111 Å². The first-order valence-corrected chi connectivity index (χ1v) is 11.8. The average molecular weight is 456 g/mol. The van der Waals surface area contributed by atoms with Crippen LogP contribution >= 0.6 is 0 Å². The van der Waals surface area contributed by atoms with Gasteiger partial charge in [0.25, 0.3) is 0 Å². The van der Waals surface area contributed by atoms with Gasteiger partial charge in [0, 0.05) is 12.5 Å². The Bertz CT molecular complexity index is 731. The second-order valence-electron chi connectivity index (χ2n) is 12.2. The Morgan fingerprint density at radius 3 is 2.03 bits per heavy atom. The van der Waals surface area contributed by atoms with Crippen molar-refractivity contribution < 1.29 is 33.8 Å². The number of carbonyl (C=O) groups is 3. The van der Waals surface area contributed by atoms with Crippen LogP contribution in [0.1, 0.15) is 87.5 Å². The maximum absolute atomic E-state index is 13.6. The van der Waals surface area contributed by atoms with E-state index in [0.717, 1.165) is 25.7 Å². The Kier molecular flexibility index (Phi) is 7.42. The van der Waals surface area contributed by atoms with Gasteiger partial charge in [-0.2, -0.15) is 9.59 Å². The molecule has 1 saturated carbocycles. The summed E-state index contributed by atoms with van der Waals surface area (Å²) in [5, 5.41) is 20.0. The molecule has 184 valence electrons. The molecule has 2 rings (SSSR count). The molecule has 8 heteroatoms. The fraction of sp³-hybridized carbons (Fsp3) is 0.875. The van der Waals surface area contributed by atoms with Crippen molar-refractivity contribution in [3.8, 4) is 0 Å². The monoisotopic (exact) mass is 455 g/mol. The quantitative estimate of drug-likeness (QED) is 0.609. The fourth-order valence-electron chi connectivity index (χ4n) is 5.01. The van der Waals surface area contributed by atoms with Gasteiger partial charge in [-0.05, 0) is 72.6 Å². The van der Waals surface area contributed by atoms with Crippen LogP contribution in [0.25, 0.3) is 0 Å². The van der Waals surface area contributed by atoms with Crippen LogP contribution in [0.4, 0.5) is 9.59 Å².